The summed E-state index contributed by atoms with van der Waals surface area (Å²) < 4.78 is 14.0. The summed E-state index contributed by atoms with van der Waals surface area (Å²) in [5.74, 6) is 1.76. The van der Waals surface area contributed by atoms with Crippen LogP contribution >= 0.6 is 0 Å². The van der Waals surface area contributed by atoms with Crippen LogP contribution in [0, 0.1) is 11.7 Å². The number of aliphatic imine (C=N–C) groups is 1. The molecule has 6 nitrogen and oxygen atoms in total. The molecule has 1 unspecified atom stereocenters. The first-order valence-corrected chi connectivity index (χ1v) is 12.7. The number of hydrogen-bond donors (Lipinski definition) is 1. The Bertz CT molecular complexity index is 727. The Morgan fingerprint density at radius 3 is 2.56 bits per heavy atom. The van der Waals surface area contributed by atoms with Crippen molar-refractivity contribution in [3.63, 3.8) is 0 Å². The maximum atomic E-state index is 14.0. The van der Waals surface area contributed by atoms with Crippen LogP contribution in [0.1, 0.15) is 32.6 Å². The molecule has 0 saturated carbocycles. The number of nitrogens with one attached hydrogen (secondary N) is 1. The summed E-state index contributed by atoms with van der Waals surface area (Å²) in [5, 5.41) is 3.51. The summed E-state index contributed by atoms with van der Waals surface area (Å²) in [4.78, 5) is 14.7. The largest absolute Gasteiger partial charge is 0.367 e. The molecule has 1 atom stereocenters. The van der Waals surface area contributed by atoms with Crippen LogP contribution in [-0.2, 0) is 0 Å². The van der Waals surface area contributed by atoms with Crippen LogP contribution in [0.15, 0.2) is 29.3 Å². The van der Waals surface area contributed by atoms with Crippen molar-refractivity contribution in [2.45, 2.75) is 32.6 Å². The molecule has 0 radical (unpaired) electrons. The average molecular weight is 445 g/mol. The lowest BCUT2D eigenvalue weighted by Crippen LogP contribution is -2.47. The predicted molar refractivity (Wildman–Crippen MR) is 131 cm³/mol. The second-order valence-corrected chi connectivity index (χ2v) is 9.48. The van der Waals surface area contributed by atoms with Crippen LogP contribution in [0.4, 0.5) is 10.1 Å². The molecule has 32 heavy (non-hydrogen) atoms. The summed E-state index contributed by atoms with van der Waals surface area (Å²) >= 11 is 0. The lowest BCUT2D eigenvalue weighted by Gasteiger charge is -2.36. The van der Waals surface area contributed by atoms with Crippen LogP contribution in [0.2, 0.25) is 0 Å². The van der Waals surface area contributed by atoms with Gasteiger partial charge in [-0.3, -0.25) is 9.89 Å². The molecule has 0 bridgehead atoms. The van der Waals surface area contributed by atoms with E-state index in [2.05, 4.69) is 31.8 Å². The SMILES string of the molecule is CCNC(=NCCCN1CCN(c2ccccc2F)CC1)N1CCC(CN2CCCC2)C1. The molecule has 0 aliphatic carbocycles. The normalized spacial score (nSPS) is 23.3. The molecule has 1 aromatic rings. The Hall–Kier alpha value is -1.86. The Balaban J connectivity index is 1.17. The van der Waals surface area contributed by atoms with Gasteiger partial charge in [0, 0.05) is 65.4 Å². The lowest BCUT2D eigenvalue weighted by molar-refractivity contribution is 0.255. The van der Waals surface area contributed by atoms with Crippen LogP contribution in [0.3, 0.4) is 0 Å². The number of hydrogen-bond acceptors (Lipinski definition) is 4. The summed E-state index contributed by atoms with van der Waals surface area (Å²) in [6, 6.07) is 7.11. The third kappa shape index (κ3) is 6.35. The molecule has 4 rings (SSSR count). The van der Waals surface area contributed by atoms with Gasteiger partial charge in [0.15, 0.2) is 5.96 Å². The standard InChI is InChI=1S/C25H41FN6/c1-2-27-25(32-15-10-22(21-32)20-30-12-5-6-13-30)28-11-7-14-29-16-18-31(19-17-29)24-9-4-3-8-23(24)26/h3-4,8-9,22H,2,5-7,10-21H2,1H3,(H,27,28). The molecular formula is C25H41FN6. The van der Waals surface area contributed by atoms with Crippen molar-refractivity contribution in [1.29, 1.82) is 0 Å². The fourth-order valence-electron chi connectivity index (χ4n) is 5.33. The van der Waals surface area contributed by atoms with Gasteiger partial charge in [-0.15, -0.1) is 0 Å². The minimum atomic E-state index is -0.115. The van der Waals surface area contributed by atoms with Crippen LogP contribution in [0.25, 0.3) is 0 Å². The van der Waals surface area contributed by atoms with E-state index >= 15 is 0 Å². The molecule has 0 aromatic heterocycles. The highest BCUT2D eigenvalue weighted by Gasteiger charge is 2.27. The van der Waals surface area contributed by atoms with Crippen molar-refractivity contribution in [3.05, 3.63) is 30.1 Å². The number of nitrogens with zero attached hydrogens (tertiary/aromatic N) is 5. The zero-order valence-corrected chi connectivity index (χ0v) is 19.8. The second kappa shape index (κ2) is 11.8. The molecule has 3 aliphatic rings. The first-order chi connectivity index (χ1) is 15.7. The minimum Gasteiger partial charge on any atom is -0.367 e. The third-order valence-electron chi connectivity index (χ3n) is 7.09. The quantitative estimate of drug-likeness (QED) is 0.379. The van der Waals surface area contributed by atoms with Gasteiger partial charge in [-0.25, -0.2) is 4.39 Å². The van der Waals surface area contributed by atoms with Crippen LogP contribution in [0.5, 0.6) is 0 Å². The first-order valence-electron chi connectivity index (χ1n) is 12.7. The third-order valence-corrected chi connectivity index (χ3v) is 7.09. The molecular weight excluding hydrogens is 403 g/mol. The zero-order valence-electron chi connectivity index (χ0n) is 19.8. The monoisotopic (exact) mass is 444 g/mol. The number of piperazine rings is 1. The summed E-state index contributed by atoms with van der Waals surface area (Å²) in [7, 11) is 0. The fourth-order valence-corrected chi connectivity index (χ4v) is 5.33. The highest BCUT2D eigenvalue weighted by atomic mass is 19.1. The Morgan fingerprint density at radius 1 is 1.03 bits per heavy atom. The highest BCUT2D eigenvalue weighted by Crippen LogP contribution is 2.21. The van der Waals surface area contributed by atoms with Crippen molar-refractivity contribution in [3.8, 4) is 0 Å². The molecule has 1 aromatic carbocycles. The van der Waals surface area contributed by atoms with E-state index in [0.29, 0.717) is 0 Å². The van der Waals surface area contributed by atoms with Gasteiger partial charge in [-0.2, -0.15) is 0 Å². The van der Waals surface area contributed by atoms with Gasteiger partial charge in [0.2, 0.25) is 0 Å². The van der Waals surface area contributed by atoms with E-state index in [1.807, 2.05) is 12.1 Å². The van der Waals surface area contributed by atoms with E-state index in [4.69, 9.17) is 4.99 Å². The maximum absolute atomic E-state index is 14.0. The molecule has 1 N–H and O–H groups in total. The molecule has 3 fully saturated rings. The van der Waals surface area contributed by atoms with Crippen LogP contribution < -0.4 is 10.2 Å². The Morgan fingerprint density at radius 2 is 1.81 bits per heavy atom. The van der Waals surface area contributed by atoms with E-state index in [-0.39, 0.29) is 5.82 Å². The number of para-hydroxylation sites is 1. The number of rotatable bonds is 8. The molecule has 178 valence electrons. The van der Waals surface area contributed by atoms with E-state index < -0.39 is 0 Å². The van der Waals surface area contributed by atoms with Crippen molar-refractivity contribution in [2.24, 2.45) is 10.9 Å². The van der Waals surface area contributed by atoms with Crippen molar-refractivity contribution in [1.82, 2.24) is 20.0 Å². The summed E-state index contributed by atoms with van der Waals surface area (Å²) in [6.07, 6.45) is 5.10. The van der Waals surface area contributed by atoms with E-state index in [0.717, 1.165) is 82.9 Å². The molecule has 0 spiro atoms. The van der Waals surface area contributed by atoms with Crippen LogP contribution in [-0.4, -0.2) is 99.2 Å². The Kier molecular flexibility index (Phi) is 8.62. The molecule has 3 heterocycles. The fraction of sp³-hybridized carbons (Fsp3) is 0.720. The number of benzene rings is 1. The van der Waals surface area contributed by atoms with Crippen molar-refractivity contribution < 1.29 is 4.39 Å². The van der Waals surface area contributed by atoms with E-state index in [1.165, 1.54) is 38.9 Å². The van der Waals surface area contributed by atoms with Crippen molar-refractivity contribution in [2.75, 3.05) is 83.4 Å². The van der Waals surface area contributed by atoms with Gasteiger partial charge in [0.05, 0.1) is 5.69 Å². The number of guanidine groups is 1. The van der Waals surface area contributed by atoms with Gasteiger partial charge in [0.25, 0.3) is 0 Å². The van der Waals surface area contributed by atoms with E-state index in [1.54, 1.807) is 12.1 Å². The zero-order chi connectivity index (χ0) is 22.2. The van der Waals surface area contributed by atoms with Gasteiger partial charge in [0.1, 0.15) is 5.82 Å². The number of anilines is 1. The Labute approximate surface area is 193 Å². The molecule has 3 saturated heterocycles. The molecule has 3 aliphatic heterocycles. The highest BCUT2D eigenvalue weighted by molar-refractivity contribution is 5.80. The van der Waals surface area contributed by atoms with Gasteiger partial charge < -0.3 is 20.0 Å². The second-order valence-electron chi connectivity index (χ2n) is 9.48. The topological polar surface area (TPSA) is 37.4 Å². The first kappa shape index (κ1) is 23.3. The van der Waals surface area contributed by atoms with Gasteiger partial charge in [-0.1, -0.05) is 12.1 Å². The number of likely N-dealkylation sites (tertiary alicyclic amines) is 2. The predicted octanol–water partition coefficient (Wildman–Crippen LogP) is 2.72. The maximum Gasteiger partial charge on any atom is 0.193 e. The summed E-state index contributed by atoms with van der Waals surface area (Å²) in [5.41, 5.74) is 0.737. The molecule has 7 heteroatoms. The molecule has 0 amide bonds. The van der Waals surface area contributed by atoms with Gasteiger partial charge >= 0.3 is 0 Å². The number of halogens is 1. The van der Waals surface area contributed by atoms with Crippen molar-refractivity contribution >= 4 is 11.6 Å². The average Bonchev–Trinajstić information content (AvgIpc) is 3.49. The smallest absolute Gasteiger partial charge is 0.193 e. The lowest BCUT2D eigenvalue weighted by atomic mass is 10.1. The minimum absolute atomic E-state index is 0.115. The van der Waals surface area contributed by atoms with E-state index in [9.17, 15) is 4.39 Å². The summed E-state index contributed by atoms with van der Waals surface area (Å²) in [6.45, 7) is 14.9. The van der Waals surface area contributed by atoms with Gasteiger partial charge in [-0.05, 0) is 63.7 Å².